The Morgan fingerprint density at radius 3 is 2.68 bits per heavy atom. The Labute approximate surface area is 162 Å². The first kappa shape index (κ1) is 17.3. The Hall–Kier alpha value is -2.76. The first-order chi connectivity index (χ1) is 13.7. The van der Waals surface area contributed by atoms with Crippen LogP contribution in [0.25, 0.3) is 10.8 Å². The number of carbonyl (C=O) groups is 1. The van der Waals surface area contributed by atoms with Gasteiger partial charge >= 0.3 is 0 Å². The number of nitrogens with one attached hydrogen (secondary N) is 1. The Balaban J connectivity index is 1.42. The first-order valence-corrected chi connectivity index (χ1v) is 9.62. The number of morpholine rings is 1. The molecule has 2 aliphatic heterocycles. The number of benzene rings is 3. The normalized spacial score (nSPS) is 16.5. The highest BCUT2D eigenvalue weighted by molar-refractivity contribution is 6.24. The third kappa shape index (κ3) is 3.07. The predicted molar refractivity (Wildman–Crippen MR) is 107 cm³/mol. The van der Waals surface area contributed by atoms with E-state index >= 15 is 0 Å². The van der Waals surface area contributed by atoms with Crippen LogP contribution in [0, 0.1) is 5.82 Å². The number of carbonyl (C=O) groups excluding carboxylic acids is 1. The van der Waals surface area contributed by atoms with Crippen LogP contribution in [0.15, 0.2) is 48.5 Å². The monoisotopic (exact) mass is 376 g/mol. The van der Waals surface area contributed by atoms with E-state index < -0.39 is 0 Å². The summed E-state index contributed by atoms with van der Waals surface area (Å²) in [7, 11) is 0. The summed E-state index contributed by atoms with van der Waals surface area (Å²) in [5, 5.41) is 4.92. The van der Waals surface area contributed by atoms with E-state index in [0.717, 1.165) is 46.2 Å². The molecule has 0 saturated carbocycles. The molecular weight excluding hydrogens is 355 g/mol. The minimum atomic E-state index is -0.160. The number of ether oxygens (including phenoxy) is 1. The van der Waals surface area contributed by atoms with Crippen molar-refractivity contribution in [2.75, 3.05) is 31.6 Å². The van der Waals surface area contributed by atoms with Gasteiger partial charge in [-0.1, -0.05) is 30.3 Å². The second-order valence-electron chi connectivity index (χ2n) is 7.45. The maximum atomic E-state index is 14.7. The molecule has 4 nitrogen and oxygen atoms in total. The molecular formula is C23H21FN2O2. The van der Waals surface area contributed by atoms with Crippen LogP contribution in [-0.4, -0.2) is 37.1 Å². The van der Waals surface area contributed by atoms with Crippen LogP contribution in [0.5, 0.6) is 0 Å². The van der Waals surface area contributed by atoms with Gasteiger partial charge in [0.25, 0.3) is 5.91 Å². The lowest BCUT2D eigenvalue weighted by molar-refractivity contribution is 0.0337. The lowest BCUT2D eigenvalue weighted by Gasteiger charge is -2.26. The van der Waals surface area contributed by atoms with Gasteiger partial charge in [-0.25, -0.2) is 4.39 Å². The van der Waals surface area contributed by atoms with Gasteiger partial charge in [0.2, 0.25) is 0 Å². The second kappa shape index (κ2) is 7.00. The molecule has 28 heavy (non-hydrogen) atoms. The Morgan fingerprint density at radius 1 is 1.04 bits per heavy atom. The molecule has 2 heterocycles. The van der Waals surface area contributed by atoms with Crippen molar-refractivity contribution >= 4 is 22.4 Å². The molecule has 0 aliphatic carbocycles. The van der Waals surface area contributed by atoms with E-state index in [9.17, 15) is 9.18 Å². The molecule has 1 amide bonds. The molecule has 1 fully saturated rings. The van der Waals surface area contributed by atoms with Gasteiger partial charge < -0.3 is 10.1 Å². The maximum absolute atomic E-state index is 14.7. The summed E-state index contributed by atoms with van der Waals surface area (Å²) < 4.78 is 20.1. The molecule has 1 N–H and O–H groups in total. The van der Waals surface area contributed by atoms with Crippen molar-refractivity contribution in [2.24, 2.45) is 0 Å². The molecule has 142 valence electrons. The summed E-state index contributed by atoms with van der Waals surface area (Å²) in [6.07, 6.45) is 0.628. The van der Waals surface area contributed by atoms with Gasteiger partial charge in [-0.2, -0.15) is 0 Å². The molecule has 0 atom stereocenters. The van der Waals surface area contributed by atoms with Gasteiger partial charge in [-0.15, -0.1) is 0 Å². The quantitative estimate of drug-likeness (QED) is 0.749. The van der Waals surface area contributed by atoms with E-state index in [1.807, 2.05) is 42.5 Å². The van der Waals surface area contributed by atoms with Crippen LogP contribution in [0.3, 0.4) is 0 Å². The highest BCUT2D eigenvalue weighted by Crippen LogP contribution is 2.35. The minimum Gasteiger partial charge on any atom is -0.379 e. The van der Waals surface area contributed by atoms with Gasteiger partial charge in [0.05, 0.1) is 13.2 Å². The zero-order chi connectivity index (χ0) is 19.1. The Morgan fingerprint density at radius 2 is 1.86 bits per heavy atom. The van der Waals surface area contributed by atoms with Crippen LogP contribution in [0.4, 0.5) is 10.1 Å². The van der Waals surface area contributed by atoms with E-state index in [-0.39, 0.29) is 11.7 Å². The summed E-state index contributed by atoms with van der Waals surface area (Å²) in [6, 6.07) is 15.3. The summed E-state index contributed by atoms with van der Waals surface area (Å²) in [4.78, 5) is 14.3. The van der Waals surface area contributed by atoms with E-state index in [1.54, 1.807) is 6.07 Å². The molecule has 3 aromatic rings. The van der Waals surface area contributed by atoms with E-state index in [0.29, 0.717) is 31.7 Å². The van der Waals surface area contributed by atoms with Crippen LogP contribution in [0.2, 0.25) is 0 Å². The van der Waals surface area contributed by atoms with Gasteiger partial charge in [-0.05, 0) is 41.1 Å². The van der Waals surface area contributed by atoms with Gasteiger partial charge in [0, 0.05) is 41.8 Å². The average molecular weight is 376 g/mol. The molecule has 0 spiro atoms. The van der Waals surface area contributed by atoms with E-state index in [2.05, 4.69) is 10.2 Å². The standard InChI is InChI=1S/C23H21FN2O2/c24-20-13-15(4-5-17(20)14-26-8-10-28-11-9-26)12-16-6-7-21-22-18(16)2-1-3-19(22)23(27)25-21/h1-7,13H,8-12,14H2,(H,25,27). The van der Waals surface area contributed by atoms with Gasteiger partial charge in [-0.3, -0.25) is 9.69 Å². The van der Waals surface area contributed by atoms with Crippen molar-refractivity contribution < 1.29 is 13.9 Å². The fraction of sp³-hybridized carbons (Fsp3) is 0.261. The molecule has 0 radical (unpaired) electrons. The summed E-state index contributed by atoms with van der Waals surface area (Å²) in [6.45, 7) is 3.72. The molecule has 1 saturated heterocycles. The summed E-state index contributed by atoms with van der Waals surface area (Å²) >= 11 is 0. The molecule has 0 bridgehead atoms. The zero-order valence-corrected chi connectivity index (χ0v) is 15.5. The SMILES string of the molecule is O=C1Nc2ccc(Cc3ccc(CN4CCOCC4)c(F)c3)c3cccc1c23. The molecule has 2 aliphatic rings. The third-order valence-electron chi connectivity index (χ3n) is 5.63. The number of anilines is 1. The highest BCUT2D eigenvalue weighted by atomic mass is 19.1. The number of amides is 1. The molecule has 0 unspecified atom stereocenters. The Bertz CT molecular complexity index is 1070. The van der Waals surface area contributed by atoms with Crippen molar-refractivity contribution in [3.63, 3.8) is 0 Å². The number of halogens is 1. The number of hydrogen-bond donors (Lipinski definition) is 1. The lowest BCUT2D eigenvalue weighted by atomic mass is 9.95. The molecule has 5 rings (SSSR count). The fourth-order valence-electron chi connectivity index (χ4n) is 4.15. The van der Waals surface area contributed by atoms with Crippen molar-refractivity contribution in [3.05, 3.63) is 76.6 Å². The maximum Gasteiger partial charge on any atom is 0.256 e. The molecule has 0 aromatic heterocycles. The second-order valence-corrected chi connectivity index (χ2v) is 7.45. The van der Waals surface area contributed by atoms with E-state index in [4.69, 9.17) is 4.74 Å². The summed E-state index contributed by atoms with van der Waals surface area (Å²) in [5.41, 5.74) is 4.31. The van der Waals surface area contributed by atoms with Crippen molar-refractivity contribution in [1.82, 2.24) is 4.90 Å². The van der Waals surface area contributed by atoms with Crippen LogP contribution in [-0.2, 0) is 17.7 Å². The summed E-state index contributed by atoms with van der Waals surface area (Å²) in [5.74, 6) is -0.219. The fourth-order valence-corrected chi connectivity index (χ4v) is 4.15. The van der Waals surface area contributed by atoms with Crippen LogP contribution >= 0.6 is 0 Å². The Kier molecular flexibility index (Phi) is 4.34. The average Bonchev–Trinajstić information content (AvgIpc) is 3.04. The van der Waals surface area contributed by atoms with Crippen molar-refractivity contribution in [2.45, 2.75) is 13.0 Å². The van der Waals surface area contributed by atoms with Crippen LogP contribution < -0.4 is 5.32 Å². The first-order valence-electron chi connectivity index (χ1n) is 9.62. The van der Waals surface area contributed by atoms with Crippen LogP contribution in [0.1, 0.15) is 27.0 Å². The lowest BCUT2D eigenvalue weighted by Crippen LogP contribution is -2.35. The highest BCUT2D eigenvalue weighted by Gasteiger charge is 2.22. The molecule has 3 aromatic carbocycles. The number of hydrogen-bond acceptors (Lipinski definition) is 3. The topological polar surface area (TPSA) is 41.6 Å². The van der Waals surface area contributed by atoms with Crippen molar-refractivity contribution in [1.29, 1.82) is 0 Å². The van der Waals surface area contributed by atoms with E-state index in [1.165, 1.54) is 0 Å². The van der Waals surface area contributed by atoms with Gasteiger partial charge in [0.15, 0.2) is 0 Å². The largest absolute Gasteiger partial charge is 0.379 e. The predicted octanol–water partition coefficient (Wildman–Crippen LogP) is 3.97. The number of nitrogens with zero attached hydrogens (tertiary/aromatic N) is 1. The smallest absolute Gasteiger partial charge is 0.256 e. The zero-order valence-electron chi connectivity index (χ0n) is 15.5. The number of rotatable bonds is 4. The third-order valence-corrected chi connectivity index (χ3v) is 5.63. The molecule has 5 heteroatoms. The minimum absolute atomic E-state index is 0.0590. The van der Waals surface area contributed by atoms with Crippen molar-refractivity contribution in [3.8, 4) is 0 Å². The van der Waals surface area contributed by atoms with Gasteiger partial charge in [0.1, 0.15) is 5.82 Å².